The summed E-state index contributed by atoms with van der Waals surface area (Å²) in [6, 6.07) is 18.7. The van der Waals surface area contributed by atoms with Crippen LogP contribution in [0.1, 0.15) is 28.5 Å². The van der Waals surface area contributed by atoms with E-state index in [1.54, 1.807) is 4.90 Å². The van der Waals surface area contributed by atoms with Crippen LogP contribution in [0.15, 0.2) is 66.9 Å². The van der Waals surface area contributed by atoms with E-state index < -0.39 is 4.92 Å². The van der Waals surface area contributed by atoms with Gasteiger partial charge in [0.25, 0.3) is 11.6 Å². The third kappa shape index (κ3) is 4.76. The number of nitro groups is 1. The van der Waals surface area contributed by atoms with Crippen molar-refractivity contribution < 1.29 is 14.5 Å². The quantitative estimate of drug-likeness (QED) is 0.470. The lowest BCUT2D eigenvalue weighted by Crippen LogP contribution is -2.30. The first-order valence-electron chi connectivity index (χ1n) is 8.94. The molecule has 0 aliphatic heterocycles. The van der Waals surface area contributed by atoms with Gasteiger partial charge >= 0.3 is 0 Å². The molecule has 0 saturated heterocycles. The molecule has 28 heavy (non-hydrogen) atoms. The van der Waals surface area contributed by atoms with E-state index in [1.807, 2.05) is 61.5 Å². The van der Waals surface area contributed by atoms with Gasteiger partial charge < -0.3 is 14.6 Å². The summed E-state index contributed by atoms with van der Waals surface area (Å²) in [5.74, 6) is 0.474. The second kappa shape index (κ2) is 8.85. The molecular formula is C21H21N3O4. The summed E-state index contributed by atoms with van der Waals surface area (Å²) >= 11 is 0. The van der Waals surface area contributed by atoms with Gasteiger partial charge in [0.2, 0.25) is 0 Å². The lowest BCUT2D eigenvalue weighted by molar-refractivity contribution is -0.384. The Morgan fingerprint density at radius 3 is 2.43 bits per heavy atom. The summed E-state index contributed by atoms with van der Waals surface area (Å²) in [5.41, 5.74) is 2.12. The van der Waals surface area contributed by atoms with E-state index in [2.05, 4.69) is 4.98 Å². The van der Waals surface area contributed by atoms with E-state index in [9.17, 15) is 14.9 Å². The van der Waals surface area contributed by atoms with Crippen LogP contribution < -0.4 is 4.74 Å². The van der Waals surface area contributed by atoms with Gasteiger partial charge in [-0.05, 0) is 30.2 Å². The molecule has 3 aromatic rings. The summed E-state index contributed by atoms with van der Waals surface area (Å²) < 4.78 is 5.77. The number of nitrogens with one attached hydrogen (secondary N) is 1. The molecule has 1 aromatic heterocycles. The van der Waals surface area contributed by atoms with Crippen LogP contribution in [0.5, 0.6) is 5.75 Å². The van der Waals surface area contributed by atoms with E-state index in [0.29, 0.717) is 19.7 Å². The number of hydrogen-bond donors (Lipinski definition) is 1. The predicted molar refractivity (Wildman–Crippen MR) is 105 cm³/mol. The average molecular weight is 379 g/mol. The number of benzene rings is 2. The number of nitrogens with zero attached hydrogens (tertiary/aromatic N) is 2. The third-order valence-electron chi connectivity index (χ3n) is 4.32. The van der Waals surface area contributed by atoms with Crippen LogP contribution in [-0.4, -0.2) is 27.3 Å². The zero-order valence-corrected chi connectivity index (χ0v) is 15.5. The summed E-state index contributed by atoms with van der Waals surface area (Å²) in [7, 11) is 0. The fourth-order valence-electron chi connectivity index (χ4n) is 2.76. The van der Waals surface area contributed by atoms with Gasteiger partial charge in [-0.25, -0.2) is 0 Å². The molecule has 7 nitrogen and oxygen atoms in total. The lowest BCUT2D eigenvalue weighted by Gasteiger charge is -2.20. The topological polar surface area (TPSA) is 88.5 Å². The molecular weight excluding hydrogens is 358 g/mol. The number of aromatic amines is 1. The van der Waals surface area contributed by atoms with Gasteiger partial charge in [0.1, 0.15) is 18.1 Å². The molecule has 1 N–H and O–H groups in total. The summed E-state index contributed by atoms with van der Waals surface area (Å²) in [5, 5.41) is 10.8. The summed E-state index contributed by atoms with van der Waals surface area (Å²) in [6.45, 7) is 3.25. The van der Waals surface area contributed by atoms with Crippen molar-refractivity contribution >= 4 is 11.6 Å². The number of H-pyrrole nitrogens is 1. The zero-order valence-electron chi connectivity index (χ0n) is 15.5. The largest absolute Gasteiger partial charge is 0.489 e. The molecule has 0 aliphatic rings. The van der Waals surface area contributed by atoms with E-state index in [0.717, 1.165) is 16.9 Å². The van der Waals surface area contributed by atoms with Gasteiger partial charge in [-0.15, -0.1) is 0 Å². The second-order valence-electron chi connectivity index (χ2n) is 6.27. The molecule has 0 radical (unpaired) electrons. The highest BCUT2D eigenvalue weighted by molar-refractivity contribution is 5.93. The van der Waals surface area contributed by atoms with Crippen molar-refractivity contribution in [3.05, 3.63) is 93.8 Å². The number of amides is 1. The number of rotatable bonds is 8. The minimum atomic E-state index is -0.530. The van der Waals surface area contributed by atoms with Crippen molar-refractivity contribution in [2.75, 3.05) is 6.54 Å². The smallest absolute Gasteiger partial charge is 0.287 e. The van der Waals surface area contributed by atoms with Crippen molar-refractivity contribution in [1.82, 2.24) is 9.88 Å². The number of carbonyl (C=O) groups excluding carboxylic acids is 1. The molecule has 0 saturated carbocycles. The number of ether oxygens (including phenoxy) is 1. The fourth-order valence-corrected chi connectivity index (χ4v) is 2.76. The summed E-state index contributed by atoms with van der Waals surface area (Å²) in [4.78, 5) is 27.1. The van der Waals surface area contributed by atoms with E-state index in [-0.39, 0.29) is 17.3 Å². The van der Waals surface area contributed by atoms with Crippen LogP contribution >= 0.6 is 0 Å². The minimum Gasteiger partial charge on any atom is -0.489 e. The van der Waals surface area contributed by atoms with Crippen molar-refractivity contribution in [3.63, 3.8) is 0 Å². The molecule has 144 valence electrons. The van der Waals surface area contributed by atoms with Crippen LogP contribution in [0.4, 0.5) is 5.69 Å². The van der Waals surface area contributed by atoms with Gasteiger partial charge in [0.15, 0.2) is 0 Å². The van der Waals surface area contributed by atoms with Crippen molar-refractivity contribution in [2.45, 2.75) is 20.1 Å². The minimum absolute atomic E-state index is 0.126. The summed E-state index contributed by atoms with van der Waals surface area (Å²) in [6.07, 6.45) is 1.22. The Morgan fingerprint density at radius 2 is 1.82 bits per heavy atom. The van der Waals surface area contributed by atoms with Gasteiger partial charge in [-0.1, -0.05) is 42.5 Å². The standard InChI is InChI=1S/C21H21N3O4/c1-2-23(21(25)20-12-18(13-22-20)24(26)27)14-16-8-10-19(11-9-16)28-15-17-6-4-3-5-7-17/h3-13,22H,2,14-15H2,1H3. The second-order valence-corrected chi connectivity index (χ2v) is 6.27. The van der Waals surface area contributed by atoms with E-state index in [4.69, 9.17) is 4.74 Å². The van der Waals surface area contributed by atoms with Crippen molar-refractivity contribution in [3.8, 4) is 5.75 Å². The molecule has 0 fully saturated rings. The molecule has 3 rings (SSSR count). The van der Waals surface area contributed by atoms with Gasteiger partial charge in [-0.2, -0.15) is 0 Å². The molecule has 1 amide bonds. The lowest BCUT2D eigenvalue weighted by atomic mass is 10.2. The Morgan fingerprint density at radius 1 is 1.11 bits per heavy atom. The SMILES string of the molecule is CCN(Cc1ccc(OCc2ccccc2)cc1)C(=O)c1cc([N+](=O)[O-])c[nH]1. The maximum Gasteiger partial charge on any atom is 0.287 e. The Kier molecular flexibility index (Phi) is 6.06. The average Bonchev–Trinajstić information content (AvgIpc) is 3.22. The molecule has 0 aliphatic carbocycles. The Hall–Kier alpha value is -3.61. The molecule has 7 heteroatoms. The van der Waals surface area contributed by atoms with Crippen LogP contribution in [0, 0.1) is 10.1 Å². The number of carbonyl (C=O) groups is 1. The molecule has 0 atom stereocenters. The van der Waals surface area contributed by atoms with Gasteiger partial charge in [0, 0.05) is 19.2 Å². The highest BCUT2D eigenvalue weighted by Gasteiger charge is 2.19. The van der Waals surface area contributed by atoms with Crippen LogP contribution in [-0.2, 0) is 13.2 Å². The normalized spacial score (nSPS) is 10.5. The first-order valence-corrected chi connectivity index (χ1v) is 8.94. The van der Waals surface area contributed by atoms with Crippen molar-refractivity contribution in [2.24, 2.45) is 0 Å². The first kappa shape index (κ1) is 19.2. The molecule has 0 spiro atoms. The van der Waals surface area contributed by atoms with Crippen LogP contribution in [0.3, 0.4) is 0 Å². The van der Waals surface area contributed by atoms with Crippen LogP contribution in [0.25, 0.3) is 0 Å². The van der Waals surface area contributed by atoms with E-state index in [1.165, 1.54) is 12.3 Å². The predicted octanol–water partition coefficient (Wildman–Crippen LogP) is 4.16. The Labute approximate surface area is 162 Å². The fraction of sp³-hybridized carbons (Fsp3) is 0.190. The molecule has 0 unspecified atom stereocenters. The Balaban J connectivity index is 1.61. The van der Waals surface area contributed by atoms with Crippen molar-refractivity contribution in [1.29, 1.82) is 0 Å². The third-order valence-corrected chi connectivity index (χ3v) is 4.32. The van der Waals surface area contributed by atoms with Crippen LogP contribution in [0.2, 0.25) is 0 Å². The van der Waals surface area contributed by atoms with E-state index >= 15 is 0 Å². The number of aromatic nitrogens is 1. The van der Waals surface area contributed by atoms with Gasteiger partial charge in [-0.3, -0.25) is 14.9 Å². The maximum absolute atomic E-state index is 12.6. The van der Waals surface area contributed by atoms with Gasteiger partial charge in [0.05, 0.1) is 11.1 Å². The molecule has 0 bridgehead atoms. The highest BCUT2D eigenvalue weighted by Crippen LogP contribution is 2.18. The Bertz CT molecular complexity index is 936. The first-order chi connectivity index (χ1) is 13.6. The monoisotopic (exact) mass is 379 g/mol. The highest BCUT2D eigenvalue weighted by atomic mass is 16.6. The zero-order chi connectivity index (χ0) is 19.9. The molecule has 2 aromatic carbocycles. The molecule has 1 heterocycles. The number of hydrogen-bond acceptors (Lipinski definition) is 4. The maximum atomic E-state index is 12.6.